The van der Waals surface area contributed by atoms with Crippen molar-refractivity contribution in [1.82, 2.24) is 0 Å². The Morgan fingerprint density at radius 1 is 0.800 bits per heavy atom. The average molecular weight is 274 g/mol. The molecule has 0 aliphatic carbocycles. The van der Waals surface area contributed by atoms with Gasteiger partial charge in [0.15, 0.2) is 0 Å². The average Bonchev–Trinajstić information content (AvgIpc) is 2.37. The summed E-state index contributed by atoms with van der Waals surface area (Å²) in [7, 11) is 0. The minimum atomic E-state index is -4.31. The Kier molecular flexibility index (Phi) is 3.85. The van der Waals surface area contributed by atoms with Crippen molar-refractivity contribution < 1.29 is 13.2 Å². The van der Waals surface area contributed by atoms with E-state index in [1.807, 2.05) is 32.0 Å². The van der Waals surface area contributed by atoms with Gasteiger partial charge in [-0.1, -0.05) is 30.0 Å². The zero-order chi connectivity index (χ0) is 14.8. The second-order valence-corrected chi connectivity index (χ2v) is 4.59. The van der Waals surface area contributed by atoms with E-state index in [-0.39, 0.29) is 0 Å². The number of hydrogen-bond donors (Lipinski definition) is 0. The lowest BCUT2D eigenvalue weighted by molar-refractivity contribution is -0.137. The maximum Gasteiger partial charge on any atom is 0.416 e. The zero-order valence-electron chi connectivity index (χ0n) is 11.2. The molecule has 2 aromatic carbocycles. The molecule has 2 aromatic rings. The third kappa shape index (κ3) is 3.21. The van der Waals surface area contributed by atoms with E-state index in [2.05, 4.69) is 11.8 Å². The van der Waals surface area contributed by atoms with Gasteiger partial charge in [-0.3, -0.25) is 0 Å². The lowest BCUT2D eigenvalue weighted by Gasteiger charge is -2.05. The Morgan fingerprint density at radius 3 is 1.85 bits per heavy atom. The molecule has 0 N–H and O–H groups in total. The van der Waals surface area contributed by atoms with Gasteiger partial charge in [0.1, 0.15) is 0 Å². The maximum absolute atomic E-state index is 12.4. The molecule has 0 aliphatic heterocycles. The van der Waals surface area contributed by atoms with E-state index in [1.54, 1.807) is 0 Å². The largest absolute Gasteiger partial charge is 0.416 e. The van der Waals surface area contributed by atoms with Gasteiger partial charge in [0.05, 0.1) is 5.56 Å². The normalized spacial score (nSPS) is 10.8. The molecule has 0 spiro atoms. The Morgan fingerprint density at radius 2 is 1.35 bits per heavy atom. The molecule has 0 heterocycles. The number of alkyl halides is 3. The van der Waals surface area contributed by atoms with E-state index < -0.39 is 11.7 Å². The van der Waals surface area contributed by atoms with Crippen LogP contribution >= 0.6 is 0 Å². The van der Waals surface area contributed by atoms with Crippen molar-refractivity contribution in [3.8, 4) is 11.8 Å². The van der Waals surface area contributed by atoms with Gasteiger partial charge in [-0.2, -0.15) is 13.2 Å². The number of halogens is 3. The van der Waals surface area contributed by atoms with Crippen LogP contribution in [0.3, 0.4) is 0 Å². The van der Waals surface area contributed by atoms with Crippen molar-refractivity contribution in [2.75, 3.05) is 0 Å². The molecule has 20 heavy (non-hydrogen) atoms. The van der Waals surface area contributed by atoms with Crippen molar-refractivity contribution in [3.05, 3.63) is 70.3 Å². The second kappa shape index (κ2) is 5.42. The summed E-state index contributed by atoms with van der Waals surface area (Å²) in [5.74, 6) is 5.93. The minimum absolute atomic E-state index is 0.570. The fourth-order valence-electron chi connectivity index (χ4n) is 1.89. The summed E-state index contributed by atoms with van der Waals surface area (Å²) in [6, 6.07) is 10.8. The summed E-state index contributed by atoms with van der Waals surface area (Å²) in [6.07, 6.45) is -4.31. The van der Waals surface area contributed by atoms with Crippen LogP contribution in [0.2, 0.25) is 0 Å². The van der Waals surface area contributed by atoms with Crippen LogP contribution in [-0.4, -0.2) is 0 Å². The molecule has 0 bridgehead atoms. The van der Waals surface area contributed by atoms with Gasteiger partial charge >= 0.3 is 6.18 Å². The molecule has 0 saturated carbocycles. The highest BCUT2D eigenvalue weighted by Crippen LogP contribution is 2.28. The van der Waals surface area contributed by atoms with E-state index >= 15 is 0 Å². The predicted octanol–water partition coefficient (Wildman–Crippen LogP) is 4.72. The Hall–Kier alpha value is -2.21. The zero-order valence-corrected chi connectivity index (χ0v) is 11.2. The third-order valence-corrected chi connectivity index (χ3v) is 3.03. The molecule has 0 unspecified atom stereocenters. The fourth-order valence-corrected chi connectivity index (χ4v) is 1.89. The molecule has 0 aliphatic rings. The lowest BCUT2D eigenvalue weighted by Crippen LogP contribution is -2.04. The molecule has 2 rings (SSSR count). The Labute approximate surface area is 116 Å². The summed E-state index contributed by atoms with van der Waals surface area (Å²) in [5, 5.41) is 0. The first kappa shape index (κ1) is 14.2. The van der Waals surface area contributed by atoms with Crippen LogP contribution in [0.15, 0.2) is 42.5 Å². The van der Waals surface area contributed by atoms with Crippen LogP contribution in [0.5, 0.6) is 0 Å². The highest BCUT2D eigenvalue weighted by atomic mass is 19.4. The topological polar surface area (TPSA) is 0 Å². The van der Waals surface area contributed by atoms with Crippen molar-refractivity contribution in [2.24, 2.45) is 0 Å². The van der Waals surface area contributed by atoms with Crippen LogP contribution in [-0.2, 0) is 6.18 Å². The van der Waals surface area contributed by atoms with Crippen molar-refractivity contribution in [1.29, 1.82) is 0 Å². The minimum Gasteiger partial charge on any atom is -0.166 e. The van der Waals surface area contributed by atoms with Gasteiger partial charge in [-0.05, 0) is 49.2 Å². The number of hydrogen-bond acceptors (Lipinski definition) is 0. The van der Waals surface area contributed by atoms with Gasteiger partial charge in [0, 0.05) is 11.1 Å². The van der Waals surface area contributed by atoms with Crippen molar-refractivity contribution in [3.63, 3.8) is 0 Å². The van der Waals surface area contributed by atoms with Crippen LogP contribution in [0.4, 0.5) is 13.2 Å². The molecule has 0 nitrogen and oxygen atoms in total. The van der Waals surface area contributed by atoms with E-state index in [0.717, 1.165) is 28.8 Å². The third-order valence-electron chi connectivity index (χ3n) is 3.03. The van der Waals surface area contributed by atoms with E-state index in [1.165, 1.54) is 12.1 Å². The van der Waals surface area contributed by atoms with E-state index in [0.29, 0.717) is 5.56 Å². The Balaban J connectivity index is 2.30. The molecular formula is C17H13F3. The molecule has 3 heteroatoms. The second-order valence-electron chi connectivity index (χ2n) is 4.59. The SMILES string of the molecule is Cc1cccc(C)c1C#Cc1ccc(C(F)(F)F)cc1. The van der Waals surface area contributed by atoms with Gasteiger partial charge in [0.2, 0.25) is 0 Å². The number of rotatable bonds is 0. The highest BCUT2D eigenvalue weighted by Gasteiger charge is 2.29. The smallest absolute Gasteiger partial charge is 0.166 e. The molecule has 0 fully saturated rings. The van der Waals surface area contributed by atoms with Crippen LogP contribution < -0.4 is 0 Å². The standard InChI is InChI=1S/C17H13F3/c1-12-4-3-5-13(2)16(12)11-8-14-6-9-15(10-7-14)17(18,19)20/h3-7,9-10H,1-2H3. The molecule has 0 amide bonds. The quantitative estimate of drug-likeness (QED) is 0.610. The Bertz CT molecular complexity index is 648. The lowest BCUT2D eigenvalue weighted by atomic mass is 10.0. The van der Waals surface area contributed by atoms with Gasteiger partial charge in [0.25, 0.3) is 0 Å². The first-order valence-electron chi connectivity index (χ1n) is 6.13. The molecule has 0 atom stereocenters. The molecule has 102 valence electrons. The van der Waals surface area contributed by atoms with Gasteiger partial charge in [-0.25, -0.2) is 0 Å². The van der Waals surface area contributed by atoms with Crippen LogP contribution in [0, 0.1) is 25.7 Å². The summed E-state index contributed by atoms with van der Waals surface area (Å²) < 4.78 is 37.3. The van der Waals surface area contributed by atoms with Crippen molar-refractivity contribution in [2.45, 2.75) is 20.0 Å². The fraction of sp³-hybridized carbons (Fsp3) is 0.176. The summed E-state index contributed by atoms with van der Waals surface area (Å²) in [5.41, 5.74) is 2.96. The first-order chi connectivity index (χ1) is 9.38. The van der Waals surface area contributed by atoms with Crippen LogP contribution in [0.1, 0.15) is 27.8 Å². The summed E-state index contributed by atoms with van der Waals surface area (Å²) in [6.45, 7) is 3.92. The summed E-state index contributed by atoms with van der Waals surface area (Å²) in [4.78, 5) is 0. The number of aryl methyl sites for hydroxylation is 2. The molecule has 0 aromatic heterocycles. The monoisotopic (exact) mass is 274 g/mol. The van der Waals surface area contributed by atoms with Gasteiger partial charge in [-0.15, -0.1) is 0 Å². The van der Waals surface area contributed by atoms with Crippen LogP contribution in [0.25, 0.3) is 0 Å². The van der Waals surface area contributed by atoms with Gasteiger partial charge < -0.3 is 0 Å². The number of benzene rings is 2. The molecule has 0 saturated heterocycles. The predicted molar refractivity (Wildman–Crippen MR) is 73.3 cm³/mol. The highest BCUT2D eigenvalue weighted by molar-refractivity contribution is 5.50. The maximum atomic E-state index is 12.4. The van der Waals surface area contributed by atoms with Crippen molar-refractivity contribution >= 4 is 0 Å². The van der Waals surface area contributed by atoms with E-state index in [4.69, 9.17) is 0 Å². The summed E-state index contributed by atoms with van der Waals surface area (Å²) >= 11 is 0. The molecule has 0 radical (unpaired) electrons. The molecular weight excluding hydrogens is 261 g/mol. The first-order valence-corrected chi connectivity index (χ1v) is 6.13. The van der Waals surface area contributed by atoms with E-state index in [9.17, 15) is 13.2 Å².